The molecule has 32 heavy (non-hydrogen) atoms. The van der Waals surface area contributed by atoms with Gasteiger partial charge in [0.1, 0.15) is 17.2 Å². The van der Waals surface area contributed by atoms with Crippen molar-refractivity contribution in [1.82, 2.24) is 5.32 Å². The standard InChI is InChI=1S/C20H21ClN2O8S/c1-20(2,3)31-19(29)22-8-12(24)23-11-6-4-10(5-7-11)16-14(21)15(30-9-13(25)26)17(32-16)18(27)28/h4-7H,8-9H2,1-3H3,(H,22,29)(H,23,24)(H,25,26)(H,27,28). The van der Waals surface area contributed by atoms with Crippen LogP contribution in [0.3, 0.4) is 0 Å². The van der Waals surface area contributed by atoms with Crippen molar-refractivity contribution in [1.29, 1.82) is 0 Å². The van der Waals surface area contributed by atoms with Gasteiger partial charge in [0, 0.05) is 5.69 Å². The van der Waals surface area contributed by atoms with E-state index in [1.165, 1.54) is 0 Å². The Morgan fingerprint density at radius 1 is 1.09 bits per heavy atom. The Morgan fingerprint density at radius 2 is 1.72 bits per heavy atom. The van der Waals surface area contributed by atoms with E-state index in [-0.39, 0.29) is 22.2 Å². The molecule has 172 valence electrons. The van der Waals surface area contributed by atoms with Crippen LogP contribution in [0.1, 0.15) is 30.4 Å². The van der Waals surface area contributed by atoms with Crippen molar-refractivity contribution < 1.29 is 38.9 Å². The summed E-state index contributed by atoms with van der Waals surface area (Å²) in [6.07, 6.45) is -0.717. The summed E-state index contributed by atoms with van der Waals surface area (Å²) in [6, 6.07) is 6.33. The fourth-order valence-corrected chi connectivity index (χ4v) is 3.77. The number of amides is 2. The molecule has 0 atom stereocenters. The first-order valence-electron chi connectivity index (χ1n) is 9.14. The number of thiophene rings is 1. The lowest BCUT2D eigenvalue weighted by Gasteiger charge is -2.19. The molecule has 1 aromatic carbocycles. The fraction of sp³-hybridized carbons (Fsp3) is 0.300. The van der Waals surface area contributed by atoms with E-state index < -0.39 is 36.1 Å². The number of nitrogens with one attached hydrogen (secondary N) is 2. The molecule has 1 aromatic heterocycles. The van der Waals surface area contributed by atoms with E-state index >= 15 is 0 Å². The number of carbonyl (C=O) groups excluding carboxylic acids is 2. The van der Waals surface area contributed by atoms with Gasteiger partial charge in [-0.25, -0.2) is 14.4 Å². The van der Waals surface area contributed by atoms with Crippen LogP contribution in [0.2, 0.25) is 5.02 Å². The molecule has 0 aliphatic carbocycles. The number of ether oxygens (including phenoxy) is 2. The number of aromatic carboxylic acids is 1. The Hall–Kier alpha value is -3.31. The van der Waals surface area contributed by atoms with Gasteiger partial charge < -0.3 is 30.3 Å². The number of benzene rings is 1. The van der Waals surface area contributed by atoms with Crippen LogP contribution in [-0.2, 0) is 14.3 Å². The highest BCUT2D eigenvalue weighted by Crippen LogP contribution is 2.45. The zero-order valence-corrected chi connectivity index (χ0v) is 18.9. The van der Waals surface area contributed by atoms with Crippen molar-refractivity contribution in [3.63, 3.8) is 0 Å². The van der Waals surface area contributed by atoms with Crippen molar-refractivity contribution in [2.75, 3.05) is 18.5 Å². The zero-order valence-electron chi connectivity index (χ0n) is 17.4. The predicted octanol–water partition coefficient (Wildman–Crippen LogP) is 3.69. The van der Waals surface area contributed by atoms with E-state index in [1.54, 1.807) is 45.0 Å². The third kappa shape index (κ3) is 7.13. The van der Waals surface area contributed by atoms with E-state index in [9.17, 15) is 24.3 Å². The van der Waals surface area contributed by atoms with Crippen LogP contribution in [0, 0.1) is 0 Å². The third-order valence-electron chi connectivity index (χ3n) is 3.57. The lowest BCUT2D eigenvalue weighted by atomic mass is 10.1. The molecular formula is C20H21ClN2O8S. The van der Waals surface area contributed by atoms with E-state index in [0.29, 0.717) is 16.1 Å². The summed E-state index contributed by atoms with van der Waals surface area (Å²) in [5.74, 6) is -3.27. The van der Waals surface area contributed by atoms with Crippen LogP contribution in [0.25, 0.3) is 10.4 Å². The molecule has 0 saturated heterocycles. The average Bonchev–Trinajstić information content (AvgIpc) is 3.01. The Bertz CT molecular complexity index is 1030. The molecule has 10 nitrogen and oxygen atoms in total. The molecule has 0 aliphatic heterocycles. The van der Waals surface area contributed by atoms with Crippen molar-refractivity contribution in [2.24, 2.45) is 0 Å². The molecular weight excluding hydrogens is 464 g/mol. The number of anilines is 1. The van der Waals surface area contributed by atoms with Crippen LogP contribution in [0.15, 0.2) is 24.3 Å². The molecule has 2 amide bonds. The molecule has 1 heterocycles. The van der Waals surface area contributed by atoms with Crippen LogP contribution in [0.4, 0.5) is 10.5 Å². The Balaban J connectivity index is 2.08. The molecule has 2 rings (SSSR count). The molecule has 0 fully saturated rings. The minimum atomic E-state index is -1.30. The Morgan fingerprint density at radius 3 is 2.25 bits per heavy atom. The van der Waals surface area contributed by atoms with Gasteiger partial charge in [0.2, 0.25) is 5.91 Å². The first-order chi connectivity index (χ1) is 14.9. The lowest BCUT2D eigenvalue weighted by Crippen LogP contribution is -2.37. The first kappa shape index (κ1) is 25.0. The first-order valence-corrected chi connectivity index (χ1v) is 10.3. The number of carbonyl (C=O) groups is 4. The van der Waals surface area contributed by atoms with Gasteiger partial charge in [-0.2, -0.15) is 0 Å². The molecule has 0 saturated carbocycles. The van der Waals surface area contributed by atoms with Gasteiger partial charge in [-0.05, 0) is 38.5 Å². The largest absolute Gasteiger partial charge is 0.479 e. The van der Waals surface area contributed by atoms with E-state index in [0.717, 1.165) is 11.3 Å². The van der Waals surface area contributed by atoms with Crippen molar-refractivity contribution in [3.8, 4) is 16.2 Å². The summed E-state index contributed by atoms with van der Waals surface area (Å²) in [5, 5.41) is 23.0. The van der Waals surface area contributed by atoms with Gasteiger partial charge in [0.15, 0.2) is 17.2 Å². The maximum Gasteiger partial charge on any atom is 0.408 e. The number of hydrogen-bond acceptors (Lipinski definition) is 7. The lowest BCUT2D eigenvalue weighted by molar-refractivity contribution is -0.139. The van der Waals surface area contributed by atoms with Crippen LogP contribution in [-0.4, -0.2) is 52.9 Å². The fourth-order valence-electron chi connectivity index (χ4n) is 2.36. The molecule has 0 radical (unpaired) electrons. The zero-order chi connectivity index (χ0) is 24.1. The van der Waals surface area contributed by atoms with Crippen LogP contribution >= 0.6 is 22.9 Å². The molecule has 0 spiro atoms. The summed E-state index contributed by atoms with van der Waals surface area (Å²) in [6.45, 7) is 4.08. The number of rotatable bonds is 8. The molecule has 12 heteroatoms. The second kappa shape index (κ2) is 10.3. The molecule has 0 aliphatic rings. The normalized spacial score (nSPS) is 10.9. The summed E-state index contributed by atoms with van der Waals surface area (Å²) in [7, 11) is 0. The van der Waals surface area contributed by atoms with E-state index in [4.69, 9.17) is 26.2 Å². The summed E-state index contributed by atoms with van der Waals surface area (Å²) in [4.78, 5) is 46.0. The Kier molecular flexibility index (Phi) is 8.06. The van der Waals surface area contributed by atoms with Crippen LogP contribution in [0.5, 0.6) is 5.75 Å². The highest BCUT2D eigenvalue weighted by atomic mass is 35.5. The molecule has 0 bridgehead atoms. The Labute approximate surface area is 192 Å². The molecule has 0 unspecified atom stereocenters. The minimum Gasteiger partial charge on any atom is -0.479 e. The predicted molar refractivity (Wildman–Crippen MR) is 118 cm³/mol. The average molecular weight is 485 g/mol. The topological polar surface area (TPSA) is 151 Å². The molecule has 4 N–H and O–H groups in total. The van der Waals surface area contributed by atoms with Gasteiger partial charge in [-0.3, -0.25) is 4.79 Å². The monoisotopic (exact) mass is 484 g/mol. The van der Waals surface area contributed by atoms with Gasteiger partial charge >= 0.3 is 18.0 Å². The number of aliphatic carboxylic acids is 1. The quantitative estimate of drug-likeness (QED) is 0.442. The summed E-state index contributed by atoms with van der Waals surface area (Å²) >= 11 is 7.08. The highest BCUT2D eigenvalue weighted by Gasteiger charge is 2.24. The third-order valence-corrected chi connectivity index (χ3v) is 5.25. The smallest absolute Gasteiger partial charge is 0.408 e. The maximum atomic E-state index is 12.0. The number of alkyl carbamates (subject to hydrolysis) is 1. The number of carboxylic acid groups (broad SMARTS) is 2. The van der Waals surface area contributed by atoms with Crippen molar-refractivity contribution >= 4 is 52.6 Å². The van der Waals surface area contributed by atoms with Crippen molar-refractivity contribution in [2.45, 2.75) is 26.4 Å². The second-order valence-electron chi connectivity index (χ2n) is 7.37. The van der Waals surface area contributed by atoms with Gasteiger partial charge in [-0.15, -0.1) is 11.3 Å². The highest BCUT2D eigenvalue weighted by molar-refractivity contribution is 7.18. The summed E-state index contributed by atoms with van der Waals surface area (Å²) in [5.41, 5.74) is 0.286. The number of hydrogen-bond donors (Lipinski definition) is 4. The van der Waals surface area contributed by atoms with Crippen molar-refractivity contribution in [3.05, 3.63) is 34.2 Å². The van der Waals surface area contributed by atoms with Gasteiger partial charge in [-0.1, -0.05) is 23.7 Å². The number of carboxylic acids is 2. The second-order valence-corrected chi connectivity index (χ2v) is 8.77. The summed E-state index contributed by atoms with van der Waals surface area (Å²) < 4.78 is 10.1. The van der Waals surface area contributed by atoms with Gasteiger partial charge in [0.05, 0.1) is 4.88 Å². The number of halogens is 1. The van der Waals surface area contributed by atoms with E-state index in [2.05, 4.69) is 10.6 Å². The van der Waals surface area contributed by atoms with Crippen LogP contribution < -0.4 is 15.4 Å². The van der Waals surface area contributed by atoms with Gasteiger partial charge in [0.25, 0.3) is 0 Å². The SMILES string of the molecule is CC(C)(C)OC(=O)NCC(=O)Nc1ccc(-c2sc(C(=O)O)c(OCC(=O)O)c2Cl)cc1. The minimum absolute atomic E-state index is 0.0213. The molecule has 2 aromatic rings. The van der Waals surface area contributed by atoms with E-state index in [1.807, 2.05) is 0 Å². The maximum absolute atomic E-state index is 12.0.